The third kappa shape index (κ3) is 8.46. The summed E-state index contributed by atoms with van der Waals surface area (Å²) in [6, 6.07) is 16.5. The molecule has 3 rings (SSSR count). The summed E-state index contributed by atoms with van der Waals surface area (Å²) in [5, 5.41) is 2.88. The Morgan fingerprint density at radius 1 is 0.947 bits per heavy atom. The third-order valence-corrected chi connectivity index (χ3v) is 6.66. The van der Waals surface area contributed by atoms with Gasteiger partial charge < -0.3 is 33.7 Å². The van der Waals surface area contributed by atoms with E-state index < -0.39 is 0 Å². The second-order valence-electron chi connectivity index (χ2n) is 8.41. The summed E-state index contributed by atoms with van der Waals surface area (Å²) >= 11 is 1.62. The van der Waals surface area contributed by atoms with Gasteiger partial charge in [0.2, 0.25) is 5.91 Å². The largest absolute Gasteiger partial charge is 0.493 e. The van der Waals surface area contributed by atoms with Crippen LogP contribution in [0.4, 0.5) is 10.5 Å². The summed E-state index contributed by atoms with van der Waals surface area (Å²) in [6.07, 6.45) is 4.15. The SMILES string of the molecule is COCCN(CC(=O)N(CCc1ccc(OC)c(OC)c1)Cc1ccco1)C(=O)Nc1ccc(SC)cc1. The van der Waals surface area contributed by atoms with Crippen LogP contribution in [0.2, 0.25) is 0 Å². The van der Waals surface area contributed by atoms with E-state index in [-0.39, 0.29) is 31.6 Å². The van der Waals surface area contributed by atoms with Gasteiger partial charge in [-0.15, -0.1) is 11.8 Å². The van der Waals surface area contributed by atoms with Crippen LogP contribution in [0.15, 0.2) is 70.2 Å². The van der Waals surface area contributed by atoms with Crippen LogP contribution in [-0.4, -0.2) is 75.6 Å². The highest BCUT2D eigenvalue weighted by molar-refractivity contribution is 7.98. The van der Waals surface area contributed by atoms with Crippen LogP contribution in [0, 0.1) is 0 Å². The molecule has 0 saturated heterocycles. The van der Waals surface area contributed by atoms with Crippen LogP contribution in [0.1, 0.15) is 11.3 Å². The van der Waals surface area contributed by atoms with Gasteiger partial charge in [0.1, 0.15) is 12.3 Å². The van der Waals surface area contributed by atoms with Crippen molar-refractivity contribution in [2.45, 2.75) is 17.9 Å². The molecule has 0 atom stereocenters. The highest BCUT2D eigenvalue weighted by Gasteiger charge is 2.22. The lowest BCUT2D eigenvalue weighted by atomic mass is 10.1. The van der Waals surface area contributed by atoms with Crippen molar-refractivity contribution in [1.29, 1.82) is 0 Å². The number of anilines is 1. The smallest absolute Gasteiger partial charge is 0.322 e. The Morgan fingerprint density at radius 3 is 2.34 bits per heavy atom. The number of furan rings is 1. The number of ether oxygens (including phenoxy) is 3. The molecule has 0 aliphatic heterocycles. The average Bonchev–Trinajstić information content (AvgIpc) is 3.46. The first-order chi connectivity index (χ1) is 18.5. The first-order valence-corrected chi connectivity index (χ1v) is 13.4. The van der Waals surface area contributed by atoms with Crippen molar-refractivity contribution in [3.8, 4) is 11.5 Å². The van der Waals surface area contributed by atoms with Crippen molar-refractivity contribution in [2.24, 2.45) is 0 Å². The molecule has 3 aromatic rings. The number of hydrogen-bond acceptors (Lipinski definition) is 7. The zero-order chi connectivity index (χ0) is 27.3. The van der Waals surface area contributed by atoms with E-state index in [0.717, 1.165) is 10.5 Å². The molecule has 10 heteroatoms. The molecule has 0 fully saturated rings. The molecule has 1 aromatic heterocycles. The summed E-state index contributed by atoms with van der Waals surface area (Å²) in [4.78, 5) is 30.8. The summed E-state index contributed by atoms with van der Waals surface area (Å²) < 4.78 is 21.4. The second-order valence-corrected chi connectivity index (χ2v) is 9.29. The maximum Gasteiger partial charge on any atom is 0.322 e. The Balaban J connectivity index is 1.72. The second kappa shape index (κ2) is 14.9. The van der Waals surface area contributed by atoms with Crippen LogP contribution in [0.3, 0.4) is 0 Å². The monoisotopic (exact) mass is 541 g/mol. The van der Waals surface area contributed by atoms with Gasteiger partial charge in [0.15, 0.2) is 11.5 Å². The lowest BCUT2D eigenvalue weighted by Gasteiger charge is -2.27. The third-order valence-electron chi connectivity index (χ3n) is 5.92. The number of nitrogens with one attached hydrogen (secondary N) is 1. The number of hydrogen-bond donors (Lipinski definition) is 1. The van der Waals surface area contributed by atoms with Gasteiger partial charge in [-0.05, 0) is 66.8 Å². The van der Waals surface area contributed by atoms with Gasteiger partial charge >= 0.3 is 6.03 Å². The number of nitrogens with zero attached hydrogens (tertiary/aromatic N) is 2. The predicted octanol–water partition coefficient (Wildman–Crippen LogP) is 4.77. The average molecular weight is 542 g/mol. The Labute approximate surface area is 228 Å². The van der Waals surface area contributed by atoms with Crippen molar-refractivity contribution in [2.75, 3.05) is 59.1 Å². The molecule has 1 heterocycles. The maximum absolute atomic E-state index is 13.5. The van der Waals surface area contributed by atoms with E-state index >= 15 is 0 Å². The number of rotatable bonds is 14. The van der Waals surface area contributed by atoms with Crippen LogP contribution in [0.5, 0.6) is 11.5 Å². The fourth-order valence-electron chi connectivity index (χ4n) is 3.78. The van der Waals surface area contributed by atoms with Gasteiger partial charge in [0, 0.05) is 30.8 Å². The van der Waals surface area contributed by atoms with Crippen molar-refractivity contribution in [1.82, 2.24) is 9.80 Å². The van der Waals surface area contributed by atoms with Crippen molar-refractivity contribution >= 4 is 29.4 Å². The Morgan fingerprint density at radius 2 is 1.71 bits per heavy atom. The molecule has 9 nitrogen and oxygen atoms in total. The number of amides is 3. The molecular weight excluding hydrogens is 506 g/mol. The van der Waals surface area contributed by atoms with Crippen LogP contribution in [-0.2, 0) is 22.5 Å². The van der Waals surface area contributed by atoms with Crippen LogP contribution in [0.25, 0.3) is 0 Å². The highest BCUT2D eigenvalue weighted by atomic mass is 32.2. The molecule has 0 aliphatic rings. The van der Waals surface area contributed by atoms with Crippen molar-refractivity contribution < 1.29 is 28.2 Å². The van der Waals surface area contributed by atoms with E-state index in [1.165, 1.54) is 4.90 Å². The van der Waals surface area contributed by atoms with E-state index in [0.29, 0.717) is 42.5 Å². The maximum atomic E-state index is 13.5. The minimum atomic E-state index is -0.370. The summed E-state index contributed by atoms with van der Waals surface area (Å²) in [5.74, 6) is 1.72. The molecule has 0 unspecified atom stereocenters. The molecule has 0 bridgehead atoms. The quantitative estimate of drug-likeness (QED) is 0.294. The first kappa shape index (κ1) is 28.9. The number of thioether (sulfide) groups is 1. The van der Waals surface area contributed by atoms with Gasteiger partial charge in [-0.25, -0.2) is 4.79 Å². The van der Waals surface area contributed by atoms with E-state index in [9.17, 15) is 9.59 Å². The molecule has 1 N–H and O–H groups in total. The van der Waals surface area contributed by atoms with E-state index in [1.54, 1.807) is 50.3 Å². The standard InChI is InChI=1S/C28H35N3O6S/c1-34-17-15-31(28(33)29-22-8-10-24(38-4)11-9-22)20-27(32)30(19-23-6-5-16-37-23)14-13-21-7-12-25(35-2)26(18-21)36-3/h5-12,16,18H,13-15,17,19-20H2,1-4H3,(H,29,33). The zero-order valence-electron chi connectivity index (χ0n) is 22.3. The van der Waals surface area contributed by atoms with E-state index in [4.69, 9.17) is 18.6 Å². The molecule has 38 heavy (non-hydrogen) atoms. The van der Waals surface area contributed by atoms with Gasteiger partial charge in [-0.1, -0.05) is 6.07 Å². The normalized spacial score (nSPS) is 10.6. The molecule has 3 amide bonds. The molecule has 204 valence electrons. The van der Waals surface area contributed by atoms with Gasteiger partial charge in [-0.2, -0.15) is 0 Å². The Kier molecular flexibility index (Phi) is 11.4. The molecule has 0 radical (unpaired) electrons. The van der Waals surface area contributed by atoms with Crippen LogP contribution < -0.4 is 14.8 Å². The fourth-order valence-corrected chi connectivity index (χ4v) is 4.19. The van der Waals surface area contributed by atoms with Gasteiger partial charge in [0.25, 0.3) is 0 Å². The fraction of sp³-hybridized carbons (Fsp3) is 0.357. The van der Waals surface area contributed by atoms with Gasteiger partial charge in [-0.3, -0.25) is 4.79 Å². The Hall–Kier alpha value is -3.63. The topological polar surface area (TPSA) is 93.5 Å². The first-order valence-electron chi connectivity index (χ1n) is 12.2. The zero-order valence-corrected chi connectivity index (χ0v) is 23.1. The van der Waals surface area contributed by atoms with Crippen molar-refractivity contribution in [3.05, 3.63) is 72.2 Å². The molecule has 0 saturated carbocycles. The lowest BCUT2D eigenvalue weighted by Crippen LogP contribution is -2.46. The number of methoxy groups -OCH3 is 3. The van der Waals surface area contributed by atoms with Crippen molar-refractivity contribution in [3.63, 3.8) is 0 Å². The van der Waals surface area contributed by atoms with E-state index in [2.05, 4.69) is 5.32 Å². The lowest BCUT2D eigenvalue weighted by molar-refractivity contribution is -0.132. The van der Waals surface area contributed by atoms with Crippen LogP contribution >= 0.6 is 11.8 Å². The summed E-state index contributed by atoms with van der Waals surface area (Å²) in [5.41, 5.74) is 1.64. The number of urea groups is 1. The molecule has 0 aliphatic carbocycles. The van der Waals surface area contributed by atoms with Gasteiger partial charge in [0.05, 0.1) is 33.6 Å². The minimum absolute atomic E-state index is 0.106. The molecule has 2 aromatic carbocycles. The Bertz CT molecular complexity index is 1150. The summed E-state index contributed by atoms with van der Waals surface area (Å²) in [6.45, 7) is 1.17. The summed E-state index contributed by atoms with van der Waals surface area (Å²) in [7, 11) is 4.74. The minimum Gasteiger partial charge on any atom is -0.493 e. The highest BCUT2D eigenvalue weighted by Crippen LogP contribution is 2.28. The predicted molar refractivity (Wildman–Crippen MR) is 148 cm³/mol. The molecular formula is C28H35N3O6S. The number of benzene rings is 2. The van der Waals surface area contributed by atoms with E-state index in [1.807, 2.05) is 54.8 Å². The number of carbonyl (C=O) groups is 2. The molecule has 0 spiro atoms. The number of carbonyl (C=O) groups excluding carboxylic acids is 2.